The van der Waals surface area contributed by atoms with Gasteiger partial charge >= 0.3 is 5.97 Å². The number of carbonyl (C=O) groups is 1. The summed E-state index contributed by atoms with van der Waals surface area (Å²) in [6.07, 6.45) is 0. The van der Waals surface area contributed by atoms with Gasteiger partial charge in [-0.3, -0.25) is 0 Å². The largest absolute Gasteiger partial charge is 0.476 e. The van der Waals surface area contributed by atoms with Crippen molar-refractivity contribution in [3.63, 3.8) is 0 Å². The molecule has 2 aromatic rings. The molecule has 0 bridgehead atoms. The summed E-state index contributed by atoms with van der Waals surface area (Å²) in [4.78, 5) is 14.9. The third kappa shape index (κ3) is 1.99. The summed E-state index contributed by atoms with van der Waals surface area (Å²) in [6.45, 7) is 1.96. The predicted octanol–water partition coefficient (Wildman–Crippen LogP) is 3.11. The molecule has 4 nitrogen and oxygen atoms in total. The first-order valence-corrected chi connectivity index (χ1v) is 5.34. The van der Waals surface area contributed by atoms with Gasteiger partial charge in [0.1, 0.15) is 0 Å². The summed E-state index contributed by atoms with van der Waals surface area (Å²) >= 11 is 3.02. The van der Waals surface area contributed by atoms with Crippen LogP contribution < -0.4 is 0 Å². The third-order valence-electron chi connectivity index (χ3n) is 2.12. The van der Waals surface area contributed by atoms with E-state index in [-0.39, 0.29) is 16.3 Å². The lowest BCUT2D eigenvalue weighted by Gasteiger charge is -1.98. The average molecular weight is 282 g/mol. The predicted molar refractivity (Wildman–Crippen MR) is 61.3 cm³/mol. The Kier molecular flexibility index (Phi) is 2.78. The van der Waals surface area contributed by atoms with Gasteiger partial charge in [-0.1, -0.05) is 29.8 Å². The van der Waals surface area contributed by atoms with E-state index in [0.717, 1.165) is 5.56 Å². The molecule has 1 N–H and O–H groups in total. The minimum Gasteiger partial charge on any atom is -0.476 e. The Morgan fingerprint density at radius 1 is 1.38 bits per heavy atom. The first kappa shape index (κ1) is 10.9. The number of aromatic carboxylic acids is 1. The van der Waals surface area contributed by atoms with Crippen LogP contribution in [0.2, 0.25) is 0 Å². The number of benzene rings is 1. The van der Waals surface area contributed by atoms with Gasteiger partial charge in [0.2, 0.25) is 0 Å². The Bertz CT molecular complexity index is 531. The Labute approximate surface area is 100 Å². The van der Waals surface area contributed by atoms with E-state index in [4.69, 9.17) is 9.52 Å². The Hall–Kier alpha value is -1.62. The molecule has 0 fully saturated rings. The van der Waals surface area contributed by atoms with Crippen LogP contribution >= 0.6 is 15.9 Å². The summed E-state index contributed by atoms with van der Waals surface area (Å²) < 4.78 is 5.23. The number of halogens is 1. The molecule has 5 heteroatoms. The van der Waals surface area contributed by atoms with Crippen molar-refractivity contribution in [2.45, 2.75) is 6.92 Å². The standard InChI is InChI=1S/C11H8BrNO3/c1-6-2-4-7(5-3-6)9-8(10(14)15)13-11(12)16-9/h2-5H,1H3,(H,14,15). The summed E-state index contributed by atoms with van der Waals surface area (Å²) in [5, 5.41) is 8.95. The van der Waals surface area contributed by atoms with E-state index in [1.54, 1.807) is 12.1 Å². The molecule has 1 heterocycles. The number of nitrogens with zero attached hydrogens (tertiary/aromatic N) is 1. The number of oxazole rings is 1. The lowest BCUT2D eigenvalue weighted by atomic mass is 10.1. The van der Waals surface area contributed by atoms with Gasteiger partial charge in [-0.05, 0) is 6.92 Å². The van der Waals surface area contributed by atoms with Gasteiger partial charge in [0.05, 0.1) is 0 Å². The smallest absolute Gasteiger partial charge is 0.358 e. The molecule has 0 aliphatic heterocycles. The minimum atomic E-state index is -1.11. The number of aryl methyl sites for hydroxylation is 1. The normalized spacial score (nSPS) is 10.4. The second kappa shape index (κ2) is 4.09. The fourth-order valence-corrected chi connectivity index (χ4v) is 1.68. The highest BCUT2D eigenvalue weighted by Crippen LogP contribution is 2.27. The Morgan fingerprint density at radius 3 is 2.56 bits per heavy atom. The molecule has 0 amide bonds. The summed E-state index contributed by atoms with van der Waals surface area (Å²) in [5.41, 5.74) is 1.70. The highest BCUT2D eigenvalue weighted by atomic mass is 79.9. The zero-order chi connectivity index (χ0) is 11.7. The maximum absolute atomic E-state index is 10.9. The van der Waals surface area contributed by atoms with Crippen LogP contribution in [-0.4, -0.2) is 16.1 Å². The van der Waals surface area contributed by atoms with E-state index in [1.165, 1.54) is 0 Å². The van der Waals surface area contributed by atoms with Gasteiger partial charge in [-0.25, -0.2) is 4.79 Å². The van der Waals surface area contributed by atoms with Crippen LogP contribution in [0.4, 0.5) is 0 Å². The fraction of sp³-hybridized carbons (Fsp3) is 0.0909. The van der Waals surface area contributed by atoms with Crippen LogP contribution in [0.1, 0.15) is 16.1 Å². The molecule has 0 saturated heterocycles. The van der Waals surface area contributed by atoms with E-state index in [0.29, 0.717) is 5.56 Å². The second-order valence-electron chi connectivity index (χ2n) is 3.32. The van der Waals surface area contributed by atoms with Crippen LogP contribution in [0.15, 0.2) is 33.5 Å². The summed E-state index contributed by atoms with van der Waals surface area (Å²) in [5.74, 6) is -0.843. The van der Waals surface area contributed by atoms with Crippen molar-refractivity contribution in [2.75, 3.05) is 0 Å². The molecule has 1 aromatic heterocycles. The number of aromatic nitrogens is 1. The molecule has 0 aliphatic rings. The second-order valence-corrected chi connectivity index (χ2v) is 3.99. The lowest BCUT2D eigenvalue weighted by Crippen LogP contribution is -1.98. The average Bonchev–Trinajstić information content (AvgIpc) is 2.61. The maximum atomic E-state index is 10.9. The first-order valence-electron chi connectivity index (χ1n) is 4.54. The monoisotopic (exact) mass is 281 g/mol. The number of hydrogen-bond donors (Lipinski definition) is 1. The van der Waals surface area contributed by atoms with Crippen molar-refractivity contribution in [3.8, 4) is 11.3 Å². The van der Waals surface area contributed by atoms with Gasteiger partial charge in [-0.15, -0.1) is 0 Å². The molecule has 0 saturated carbocycles. The van der Waals surface area contributed by atoms with Crippen molar-refractivity contribution < 1.29 is 14.3 Å². The molecule has 82 valence electrons. The maximum Gasteiger partial charge on any atom is 0.358 e. The van der Waals surface area contributed by atoms with Crippen molar-refractivity contribution in [2.24, 2.45) is 0 Å². The number of carboxylic acid groups (broad SMARTS) is 1. The summed E-state index contributed by atoms with van der Waals surface area (Å²) in [6, 6.07) is 7.37. The Morgan fingerprint density at radius 2 is 2.00 bits per heavy atom. The van der Waals surface area contributed by atoms with Gasteiger partial charge in [0, 0.05) is 21.5 Å². The van der Waals surface area contributed by atoms with Crippen LogP contribution in [0.5, 0.6) is 0 Å². The molecule has 0 atom stereocenters. The minimum absolute atomic E-state index is 0.0873. The van der Waals surface area contributed by atoms with Crippen LogP contribution in [0, 0.1) is 6.92 Å². The topological polar surface area (TPSA) is 63.3 Å². The lowest BCUT2D eigenvalue weighted by molar-refractivity contribution is 0.0691. The third-order valence-corrected chi connectivity index (χ3v) is 2.46. The van der Waals surface area contributed by atoms with Crippen molar-refractivity contribution in [1.82, 2.24) is 4.98 Å². The van der Waals surface area contributed by atoms with Gasteiger partial charge < -0.3 is 9.52 Å². The fourth-order valence-electron chi connectivity index (χ4n) is 1.34. The zero-order valence-corrected chi connectivity index (χ0v) is 9.98. The molecule has 16 heavy (non-hydrogen) atoms. The molecule has 1 aromatic carbocycles. The van der Waals surface area contributed by atoms with E-state index >= 15 is 0 Å². The zero-order valence-electron chi connectivity index (χ0n) is 8.40. The van der Waals surface area contributed by atoms with Gasteiger partial charge in [0.25, 0.3) is 4.80 Å². The van der Waals surface area contributed by atoms with Crippen molar-refractivity contribution in [1.29, 1.82) is 0 Å². The molecule has 0 radical (unpaired) electrons. The number of hydrogen-bond acceptors (Lipinski definition) is 3. The van der Waals surface area contributed by atoms with Gasteiger partial charge in [0.15, 0.2) is 11.5 Å². The van der Waals surface area contributed by atoms with E-state index in [2.05, 4.69) is 20.9 Å². The molecular formula is C11H8BrNO3. The van der Waals surface area contributed by atoms with Crippen LogP contribution in [0.25, 0.3) is 11.3 Å². The molecule has 0 unspecified atom stereocenters. The van der Waals surface area contributed by atoms with Crippen molar-refractivity contribution >= 4 is 21.9 Å². The highest BCUT2D eigenvalue weighted by molar-refractivity contribution is 9.10. The van der Waals surface area contributed by atoms with Gasteiger partial charge in [-0.2, -0.15) is 4.98 Å². The molecule has 0 aliphatic carbocycles. The SMILES string of the molecule is Cc1ccc(-c2oc(Br)nc2C(=O)O)cc1. The van der Waals surface area contributed by atoms with Crippen LogP contribution in [-0.2, 0) is 0 Å². The number of carboxylic acids is 1. The number of rotatable bonds is 2. The van der Waals surface area contributed by atoms with E-state index in [1.807, 2.05) is 19.1 Å². The molecule has 2 rings (SSSR count). The van der Waals surface area contributed by atoms with E-state index in [9.17, 15) is 4.79 Å². The highest BCUT2D eigenvalue weighted by Gasteiger charge is 2.19. The molecule has 0 spiro atoms. The Balaban J connectivity index is 2.55. The van der Waals surface area contributed by atoms with E-state index < -0.39 is 5.97 Å². The summed E-state index contributed by atoms with van der Waals surface area (Å²) in [7, 11) is 0. The van der Waals surface area contributed by atoms with Crippen molar-refractivity contribution in [3.05, 3.63) is 40.3 Å². The quantitative estimate of drug-likeness (QED) is 0.919. The first-order chi connectivity index (χ1) is 7.58. The van der Waals surface area contributed by atoms with Crippen LogP contribution in [0.3, 0.4) is 0 Å². The molecular weight excluding hydrogens is 274 g/mol.